The Morgan fingerprint density at radius 3 is 2.86 bits per heavy atom. The number of ether oxygens (including phenoxy) is 1. The van der Waals surface area contributed by atoms with Crippen molar-refractivity contribution in [2.75, 3.05) is 23.4 Å². The molecule has 0 bridgehead atoms. The SMILES string of the molecule is CC(Nc1cc(N2CCOC2=O)cc(F)n1)c1cc2cc(Cl)ccc2[nH]c1=O. The molecule has 9 heteroatoms. The van der Waals surface area contributed by atoms with Crippen LogP contribution < -0.4 is 15.8 Å². The Morgan fingerprint density at radius 2 is 2.11 bits per heavy atom. The number of halogens is 2. The van der Waals surface area contributed by atoms with E-state index in [0.717, 1.165) is 11.5 Å². The molecular formula is C19H16ClFN4O3. The maximum absolute atomic E-state index is 14.0. The Hall–Kier alpha value is -3.13. The lowest BCUT2D eigenvalue weighted by Crippen LogP contribution is -2.24. The summed E-state index contributed by atoms with van der Waals surface area (Å²) < 4.78 is 18.9. The van der Waals surface area contributed by atoms with Crippen molar-refractivity contribution in [3.63, 3.8) is 0 Å². The van der Waals surface area contributed by atoms with Crippen LogP contribution in [0.15, 0.2) is 41.2 Å². The van der Waals surface area contributed by atoms with Crippen LogP contribution in [0.4, 0.5) is 20.7 Å². The molecule has 144 valence electrons. The largest absolute Gasteiger partial charge is 0.447 e. The van der Waals surface area contributed by atoms with Gasteiger partial charge in [0.15, 0.2) is 0 Å². The Bertz CT molecular complexity index is 1130. The number of fused-ring (bicyclic) bond motifs is 1. The number of carbonyl (C=O) groups is 1. The lowest BCUT2D eigenvalue weighted by atomic mass is 10.1. The number of H-pyrrole nitrogens is 1. The number of nitrogens with zero attached hydrogens (tertiary/aromatic N) is 2. The van der Waals surface area contributed by atoms with Gasteiger partial charge in [-0.3, -0.25) is 9.69 Å². The number of nitrogens with one attached hydrogen (secondary N) is 2. The summed E-state index contributed by atoms with van der Waals surface area (Å²) >= 11 is 6.03. The molecule has 3 heterocycles. The lowest BCUT2D eigenvalue weighted by Gasteiger charge is -2.18. The molecule has 1 atom stereocenters. The first-order valence-corrected chi connectivity index (χ1v) is 8.99. The standard InChI is InChI=1S/C19H16ClFN4O3/c1-10(14-7-11-6-12(20)2-3-15(11)23-18(14)26)22-17-9-13(8-16(21)24-17)25-4-5-28-19(25)27/h2-3,6-10H,4-5H2,1H3,(H,22,24)(H,23,26). The van der Waals surface area contributed by atoms with E-state index in [1.54, 1.807) is 31.2 Å². The van der Waals surface area contributed by atoms with E-state index in [4.69, 9.17) is 16.3 Å². The minimum Gasteiger partial charge on any atom is -0.447 e. The molecule has 28 heavy (non-hydrogen) atoms. The average Bonchev–Trinajstić information content (AvgIpc) is 3.07. The summed E-state index contributed by atoms with van der Waals surface area (Å²) in [4.78, 5) is 32.1. The van der Waals surface area contributed by atoms with Gasteiger partial charge < -0.3 is 15.0 Å². The predicted molar refractivity (Wildman–Crippen MR) is 105 cm³/mol. The molecule has 0 radical (unpaired) electrons. The maximum Gasteiger partial charge on any atom is 0.414 e. The molecule has 2 aromatic heterocycles. The number of aromatic nitrogens is 2. The summed E-state index contributed by atoms with van der Waals surface area (Å²) in [5, 5.41) is 4.35. The van der Waals surface area contributed by atoms with E-state index >= 15 is 0 Å². The summed E-state index contributed by atoms with van der Waals surface area (Å²) in [6.45, 7) is 2.34. The minimum atomic E-state index is -0.744. The quantitative estimate of drug-likeness (QED) is 0.647. The fraction of sp³-hybridized carbons (Fsp3) is 0.211. The first-order valence-electron chi connectivity index (χ1n) is 8.61. The second-order valence-corrected chi connectivity index (χ2v) is 6.89. The first-order chi connectivity index (χ1) is 13.4. The number of amides is 1. The van der Waals surface area contributed by atoms with Crippen LogP contribution in [-0.4, -0.2) is 29.2 Å². The molecule has 7 nitrogen and oxygen atoms in total. The molecule has 3 aromatic rings. The zero-order valence-corrected chi connectivity index (χ0v) is 15.6. The highest BCUT2D eigenvalue weighted by molar-refractivity contribution is 6.31. The number of hydrogen-bond donors (Lipinski definition) is 2. The molecule has 0 aliphatic carbocycles. The van der Waals surface area contributed by atoms with Gasteiger partial charge >= 0.3 is 6.09 Å². The van der Waals surface area contributed by atoms with Crippen molar-refractivity contribution in [1.82, 2.24) is 9.97 Å². The van der Waals surface area contributed by atoms with Gasteiger partial charge in [0.2, 0.25) is 5.95 Å². The van der Waals surface area contributed by atoms with Crippen molar-refractivity contribution in [2.24, 2.45) is 0 Å². The van der Waals surface area contributed by atoms with Crippen LogP contribution in [0.2, 0.25) is 5.02 Å². The van der Waals surface area contributed by atoms with E-state index < -0.39 is 18.1 Å². The van der Waals surface area contributed by atoms with Crippen molar-refractivity contribution < 1.29 is 13.9 Å². The smallest absolute Gasteiger partial charge is 0.414 e. The van der Waals surface area contributed by atoms with Gasteiger partial charge in [-0.2, -0.15) is 4.39 Å². The average molecular weight is 403 g/mol. The van der Waals surface area contributed by atoms with Crippen molar-refractivity contribution in [3.8, 4) is 0 Å². The third-order valence-electron chi connectivity index (χ3n) is 4.52. The number of aromatic amines is 1. The third kappa shape index (κ3) is 3.50. The number of hydrogen-bond acceptors (Lipinski definition) is 5. The van der Waals surface area contributed by atoms with Crippen LogP contribution in [0.3, 0.4) is 0 Å². The van der Waals surface area contributed by atoms with Crippen molar-refractivity contribution in [2.45, 2.75) is 13.0 Å². The second-order valence-electron chi connectivity index (χ2n) is 6.45. The summed E-state index contributed by atoms with van der Waals surface area (Å²) in [7, 11) is 0. The number of pyridine rings is 2. The summed E-state index contributed by atoms with van der Waals surface area (Å²) in [5.74, 6) is -0.543. The number of cyclic esters (lactones) is 1. The van der Waals surface area contributed by atoms with Crippen molar-refractivity contribution >= 4 is 40.1 Å². The van der Waals surface area contributed by atoms with Gasteiger partial charge in [-0.25, -0.2) is 9.78 Å². The van der Waals surface area contributed by atoms with Crippen LogP contribution in [0.1, 0.15) is 18.5 Å². The Kier molecular flexibility index (Phi) is 4.64. The van der Waals surface area contributed by atoms with Crippen molar-refractivity contribution in [1.29, 1.82) is 0 Å². The van der Waals surface area contributed by atoms with E-state index in [1.165, 1.54) is 11.0 Å². The molecule has 1 aromatic carbocycles. The molecule has 0 saturated carbocycles. The summed E-state index contributed by atoms with van der Waals surface area (Å²) in [6.07, 6.45) is -0.535. The number of rotatable bonds is 4. The van der Waals surface area contributed by atoms with Gasteiger partial charge in [0, 0.05) is 33.6 Å². The van der Waals surface area contributed by atoms with Crippen LogP contribution in [0.5, 0.6) is 0 Å². The highest BCUT2D eigenvalue weighted by Crippen LogP contribution is 2.25. The number of benzene rings is 1. The molecule has 1 aliphatic rings. The Morgan fingerprint density at radius 1 is 1.29 bits per heavy atom. The minimum absolute atomic E-state index is 0.202. The Balaban J connectivity index is 1.65. The zero-order valence-electron chi connectivity index (χ0n) is 14.8. The summed E-state index contributed by atoms with van der Waals surface area (Å²) in [5.41, 5.74) is 1.19. The fourth-order valence-corrected chi connectivity index (χ4v) is 3.34. The van der Waals surface area contributed by atoms with Gasteiger partial charge in [0.05, 0.1) is 18.3 Å². The maximum atomic E-state index is 14.0. The van der Waals surface area contributed by atoms with Gasteiger partial charge in [-0.1, -0.05) is 11.6 Å². The van der Waals surface area contributed by atoms with Gasteiger partial charge in [-0.15, -0.1) is 0 Å². The first kappa shape index (κ1) is 18.2. The monoisotopic (exact) mass is 402 g/mol. The lowest BCUT2D eigenvalue weighted by molar-refractivity contribution is 0.181. The molecule has 1 saturated heterocycles. The topological polar surface area (TPSA) is 87.3 Å². The van der Waals surface area contributed by atoms with Crippen LogP contribution in [-0.2, 0) is 4.74 Å². The second kappa shape index (κ2) is 7.12. The molecule has 1 unspecified atom stereocenters. The zero-order chi connectivity index (χ0) is 19.8. The highest BCUT2D eigenvalue weighted by Gasteiger charge is 2.25. The number of carbonyl (C=O) groups excluding carboxylic acids is 1. The predicted octanol–water partition coefficient (Wildman–Crippen LogP) is 3.85. The van der Waals surface area contributed by atoms with E-state index in [9.17, 15) is 14.0 Å². The van der Waals surface area contributed by atoms with E-state index in [0.29, 0.717) is 28.3 Å². The molecule has 1 aliphatic heterocycles. The van der Waals surface area contributed by atoms with Crippen LogP contribution in [0, 0.1) is 5.95 Å². The molecule has 0 spiro atoms. The fourth-order valence-electron chi connectivity index (χ4n) is 3.16. The molecule has 1 amide bonds. The molecular weight excluding hydrogens is 387 g/mol. The van der Waals surface area contributed by atoms with Gasteiger partial charge in [-0.05, 0) is 31.2 Å². The Labute approximate surface area is 164 Å². The summed E-state index contributed by atoms with van der Waals surface area (Å²) in [6, 6.07) is 9.14. The van der Waals surface area contributed by atoms with Crippen LogP contribution in [0.25, 0.3) is 10.9 Å². The normalized spacial score (nSPS) is 15.0. The van der Waals surface area contributed by atoms with Crippen LogP contribution >= 0.6 is 11.6 Å². The molecule has 1 fully saturated rings. The van der Waals surface area contributed by atoms with Gasteiger partial charge in [0.1, 0.15) is 12.4 Å². The van der Waals surface area contributed by atoms with Gasteiger partial charge in [0.25, 0.3) is 5.56 Å². The van der Waals surface area contributed by atoms with E-state index in [-0.39, 0.29) is 18.0 Å². The molecule has 2 N–H and O–H groups in total. The van der Waals surface area contributed by atoms with E-state index in [2.05, 4.69) is 15.3 Å². The third-order valence-corrected chi connectivity index (χ3v) is 4.75. The highest BCUT2D eigenvalue weighted by atomic mass is 35.5. The van der Waals surface area contributed by atoms with Crippen molar-refractivity contribution in [3.05, 3.63) is 63.3 Å². The molecule has 4 rings (SSSR count). The van der Waals surface area contributed by atoms with E-state index in [1.807, 2.05) is 0 Å². The number of anilines is 2.